The zero-order valence-electron chi connectivity index (χ0n) is 36.9. The molecule has 0 aromatic heterocycles. The number of benzene rings is 2. The Kier molecular flexibility index (Phi) is 8.69. The zero-order valence-corrected chi connectivity index (χ0v) is 36.9. The number of nitrogens with zero attached hydrogens (tertiary/aromatic N) is 2. The molecule has 0 radical (unpaired) electrons. The van der Waals surface area contributed by atoms with E-state index in [-0.39, 0.29) is 27.2 Å². The second-order valence-corrected chi connectivity index (χ2v) is 22.6. The van der Waals surface area contributed by atoms with Gasteiger partial charge in [-0.3, -0.25) is 0 Å². The normalized spacial score (nSPS) is 31.5. The van der Waals surface area contributed by atoms with E-state index in [0.29, 0.717) is 30.5 Å². The average Bonchev–Trinajstić information content (AvgIpc) is 3.12. The van der Waals surface area contributed by atoms with Crippen LogP contribution in [0.2, 0.25) is 5.82 Å². The summed E-state index contributed by atoms with van der Waals surface area (Å²) in [5, 5.41) is 0. The van der Waals surface area contributed by atoms with Crippen LogP contribution in [0.25, 0.3) is 0 Å². The van der Waals surface area contributed by atoms with E-state index in [9.17, 15) is 0 Å². The number of allylic oxidation sites excluding steroid dienone is 8. The van der Waals surface area contributed by atoms with Crippen LogP contribution in [0.15, 0.2) is 118 Å². The number of hydrogen-bond acceptors (Lipinski definition) is 2. The van der Waals surface area contributed by atoms with Gasteiger partial charge in [-0.1, -0.05) is 159 Å². The molecule has 5 aliphatic carbocycles. The van der Waals surface area contributed by atoms with Gasteiger partial charge >= 0.3 is 0 Å². The predicted molar refractivity (Wildman–Crippen MR) is 238 cm³/mol. The van der Waals surface area contributed by atoms with Crippen LogP contribution in [0.1, 0.15) is 131 Å². The Morgan fingerprint density at radius 3 is 1.88 bits per heavy atom. The van der Waals surface area contributed by atoms with Crippen molar-refractivity contribution < 1.29 is 0 Å². The van der Waals surface area contributed by atoms with Crippen LogP contribution in [0, 0.1) is 27.6 Å². The maximum atomic E-state index is 3.06. The van der Waals surface area contributed by atoms with E-state index in [1.807, 2.05) is 0 Å². The Hall–Kier alpha value is -3.46. The van der Waals surface area contributed by atoms with Gasteiger partial charge in [-0.25, -0.2) is 0 Å². The molecule has 3 heteroatoms. The fourth-order valence-corrected chi connectivity index (χ4v) is 12.2. The maximum Gasteiger partial charge on any atom is 0.221 e. The van der Waals surface area contributed by atoms with Gasteiger partial charge in [-0.05, 0) is 126 Å². The summed E-state index contributed by atoms with van der Waals surface area (Å²) >= 11 is 0. The standard InChI is InChI=1S/C53H69BN2/c1-34-27-39(49(2,3)4)30-44-47(34)54-43-25-26-52(11,51(8,9)10)33-46(43)56(42-24-22-36-18-14-16-20-38(36)29-42)53(12)32-40(50(5,6)7)31-45(48(53)54)55(44)41-23-21-35-17-13-15-19-37(35)28-41/h13-20,25,30-34,41-42,48H,21-24,26-29H2,1-12H3. The summed E-state index contributed by atoms with van der Waals surface area (Å²) < 4.78 is 0. The summed E-state index contributed by atoms with van der Waals surface area (Å²) in [6.45, 7) is 30.3. The van der Waals surface area contributed by atoms with Gasteiger partial charge in [0.2, 0.25) is 6.71 Å². The molecule has 6 unspecified atom stereocenters. The summed E-state index contributed by atoms with van der Waals surface area (Å²) in [5.74, 6) is 0.827. The molecule has 0 bridgehead atoms. The molecule has 2 aromatic rings. The highest BCUT2D eigenvalue weighted by atomic mass is 15.3. The maximum absolute atomic E-state index is 3.06. The number of fused-ring (bicyclic) bond motifs is 5. The minimum absolute atomic E-state index is 0.0179. The Morgan fingerprint density at radius 1 is 0.696 bits per heavy atom. The zero-order chi connectivity index (χ0) is 39.7. The third-order valence-electron chi connectivity index (χ3n) is 16.1. The highest BCUT2D eigenvalue weighted by molar-refractivity contribution is 6.78. The first-order valence-electron chi connectivity index (χ1n) is 22.3. The minimum atomic E-state index is -0.190. The molecule has 294 valence electrons. The van der Waals surface area contributed by atoms with Crippen LogP contribution in [-0.2, 0) is 25.7 Å². The Balaban J connectivity index is 1.33. The van der Waals surface area contributed by atoms with Crippen molar-refractivity contribution in [1.82, 2.24) is 9.80 Å². The van der Waals surface area contributed by atoms with Gasteiger partial charge in [0.25, 0.3) is 0 Å². The number of aryl methyl sites for hydroxylation is 2. The Labute approximate surface area is 341 Å². The topological polar surface area (TPSA) is 6.48 Å². The van der Waals surface area contributed by atoms with Crippen molar-refractivity contribution >= 4 is 6.71 Å². The van der Waals surface area contributed by atoms with Crippen molar-refractivity contribution in [3.8, 4) is 0 Å². The number of rotatable bonds is 2. The summed E-state index contributed by atoms with van der Waals surface area (Å²) in [6, 6.07) is 19.5. The number of hydrogen-bond donors (Lipinski definition) is 0. The van der Waals surface area contributed by atoms with Gasteiger partial charge in [-0.15, -0.1) is 0 Å². The first-order chi connectivity index (χ1) is 26.3. The molecule has 0 saturated carbocycles. The third kappa shape index (κ3) is 5.86. The third-order valence-corrected chi connectivity index (χ3v) is 16.1. The fraction of sp³-hybridized carbons (Fsp3) is 0.547. The van der Waals surface area contributed by atoms with Gasteiger partial charge in [0.15, 0.2) is 0 Å². The summed E-state index contributed by atoms with van der Waals surface area (Å²) in [4.78, 5) is 6.04. The largest absolute Gasteiger partial charge is 0.360 e. The molecule has 0 spiro atoms. The summed E-state index contributed by atoms with van der Waals surface area (Å²) in [6.07, 6.45) is 23.0. The molecule has 0 N–H and O–H groups in total. The van der Waals surface area contributed by atoms with Crippen LogP contribution < -0.4 is 0 Å². The van der Waals surface area contributed by atoms with E-state index in [0.717, 1.165) is 38.5 Å². The molecular formula is C53H69BN2. The lowest BCUT2D eigenvalue weighted by Crippen LogP contribution is -2.67. The fourth-order valence-electron chi connectivity index (χ4n) is 12.2. The van der Waals surface area contributed by atoms with Crippen molar-refractivity contribution in [3.63, 3.8) is 0 Å². The highest BCUT2D eigenvalue weighted by Gasteiger charge is 2.62. The molecule has 9 rings (SSSR count). The molecule has 1 fully saturated rings. The Morgan fingerprint density at radius 2 is 1.29 bits per heavy atom. The van der Waals surface area contributed by atoms with Crippen LogP contribution in [-0.4, -0.2) is 34.1 Å². The molecule has 2 aliphatic heterocycles. The molecule has 2 nitrogen and oxygen atoms in total. The van der Waals surface area contributed by atoms with Crippen molar-refractivity contribution in [1.29, 1.82) is 0 Å². The quantitative estimate of drug-likeness (QED) is 0.283. The molecule has 2 aromatic carbocycles. The second kappa shape index (κ2) is 12.8. The van der Waals surface area contributed by atoms with E-state index in [4.69, 9.17) is 0 Å². The van der Waals surface area contributed by atoms with Gasteiger partial charge in [0, 0.05) is 35.0 Å². The SMILES string of the molecule is CC1CC(C(C)(C)C)=CC2=C1B1C3=CCC(C)(C(C)(C)C)C=C3N(C3CCc4ccccc4C3)C3(C)C=C(C(C)(C)C)C=C(C13)N2C1CCc2ccccc2C1. The first-order valence-corrected chi connectivity index (χ1v) is 22.3. The van der Waals surface area contributed by atoms with Gasteiger partial charge in [0.1, 0.15) is 0 Å². The van der Waals surface area contributed by atoms with E-state index in [1.54, 1.807) is 55.9 Å². The lowest BCUT2D eigenvalue weighted by molar-refractivity contribution is 0.0946. The monoisotopic (exact) mass is 745 g/mol. The van der Waals surface area contributed by atoms with Crippen LogP contribution in [0.3, 0.4) is 0 Å². The van der Waals surface area contributed by atoms with Gasteiger partial charge in [0.05, 0.1) is 5.54 Å². The van der Waals surface area contributed by atoms with Crippen molar-refractivity contribution in [3.05, 3.63) is 140 Å². The van der Waals surface area contributed by atoms with E-state index in [2.05, 4.69) is 172 Å². The minimum Gasteiger partial charge on any atom is -0.360 e. The second-order valence-electron chi connectivity index (χ2n) is 22.6. The molecule has 7 aliphatic rings. The van der Waals surface area contributed by atoms with E-state index < -0.39 is 0 Å². The van der Waals surface area contributed by atoms with Gasteiger partial charge in [-0.2, -0.15) is 0 Å². The molecular weight excluding hydrogens is 675 g/mol. The van der Waals surface area contributed by atoms with Crippen LogP contribution in [0.4, 0.5) is 0 Å². The van der Waals surface area contributed by atoms with E-state index >= 15 is 0 Å². The lowest BCUT2D eigenvalue weighted by Gasteiger charge is -2.65. The molecule has 1 saturated heterocycles. The summed E-state index contributed by atoms with van der Waals surface area (Å²) in [5.41, 5.74) is 17.5. The van der Waals surface area contributed by atoms with Crippen molar-refractivity contribution in [2.24, 2.45) is 27.6 Å². The van der Waals surface area contributed by atoms with Gasteiger partial charge < -0.3 is 9.80 Å². The van der Waals surface area contributed by atoms with Crippen LogP contribution in [0.5, 0.6) is 0 Å². The first kappa shape index (κ1) is 38.1. The smallest absolute Gasteiger partial charge is 0.221 e. The molecule has 6 atom stereocenters. The van der Waals surface area contributed by atoms with Crippen molar-refractivity contribution in [2.75, 3.05) is 0 Å². The molecule has 0 amide bonds. The highest BCUT2D eigenvalue weighted by Crippen LogP contribution is 2.64. The Bertz CT molecular complexity index is 2150. The van der Waals surface area contributed by atoms with E-state index in [1.165, 1.54) is 18.4 Å². The molecule has 2 heterocycles. The van der Waals surface area contributed by atoms with Crippen LogP contribution >= 0.6 is 0 Å². The average molecular weight is 745 g/mol. The molecule has 56 heavy (non-hydrogen) atoms. The predicted octanol–water partition coefficient (Wildman–Crippen LogP) is 12.8. The summed E-state index contributed by atoms with van der Waals surface area (Å²) in [7, 11) is 0. The lowest BCUT2D eigenvalue weighted by atomic mass is 9.23. The van der Waals surface area contributed by atoms with Crippen molar-refractivity contribution in [2.45, 2.75) is 158 Å².